The molecule has 6 heteroatoms. The largest absolute Gasteiger partial charge is 0.482 e. The number of rotatable bonds is 6. The molecule has 0 N–H and O–H groups in total. The van der Waals surface area contributed by atoms with Gasteiger partial charge in [-0.2, -0.15) is 0 Å². The summed E-state index contributed by atoms with van der Waals surface area (Å²) >= 11 is 5.81. The van der Waals surface area contributed by atoms with Crippen molar-refractivity contribution in [1.29, 1.82) is 0 Å². The monoisotopic (exact) mass is 366 g/mol. The van der Waals surface area contributed by atoms with Gasteiger partial charge in [-0.05, 0) is 36.4 Å². The lowest BCUT2D eigenvalue weighted by molar-refractivity contribution is -0.146. The SMILES string of the molecule is O=C(COc1ccc(Cl)cc1)ON=C(c1ccccc1)c1ccncc1. The van der Waals surface area contributed by atoms with Crippen LogP contribution in [0.1, 0.15) is 11.1 Å². The van der Waals surface area contributed by atoms with Crippen molar-refractivity contribution in [3.63, 3.8) is 0 Å². The highest BCUT2D eigenvalue weighted by Crippen LogP contribution is 2.15. The van der Waals surface area contributed by atoms with Gasteiger partial charge in [-0.25, -0.2) is 4.79 Å². The minimum atomic E-state index is -0.609. The molecule has 0 saturated carbocycles. The zero-order chi connectivity index (χ0) is 18.2. The van der Waals surface area contributed by atoms with E-state index in [4.69, 9.17) is 21.2 Å². The number of hydrogen-bond donors (Lipinski definition) is 0. The van der Waals surface area contributed by atoms with Crippen molar-refractivity contribution < 1.29 is 14.4 Å². The van der Waals surface area contributed by atoms with Gasteiger partial charge < -0.3 is 9.57 Å². The van der Waals surface area contributed by atoms with E-state index in [2.05, 4.69) is 10.1 Å². The Labute approximate surface area is 155 Å². The Bertz CT molecular complexity index is 840. The second kappa shape index (κ2) is 8.78. The molecule has 3 rings (SSSR count). The van der Waals surface area contributed by atoms with Gasteiger partial charge >= 0.3 is 5.97 Å². The van der Waals surface area contributed by atoms with Gasteiger partial charge in [-0.1, -0.05) is 47.1 Å². The van der Waals surface area contributed by atoms with Crippen molar-refractivity contribution in [2.24, 2.45) is 5.16 Å². The van der Waals surface area contributed by atoms with Crippen LogP contribution in [0.4, 0.5) is 0 Å². The van der Waals surface area contributed by atoms with Crippen LogP contribution in [-0.4, -0.2) is 23.3 Å². The summed E-state index contributed by atoms with van der Waals surface area (Å²) in [5, 5.41) is 4.62. The summed E-state index contributed by atoms with van der Waals surface area (Å²) in [6, 6.07) is 19.7. The number of benzene rings is 2. The molecular formula is C20H15ClN2O3. The second-order valence-corrected chi connectivity index (χ2v) is 5.68. The molecular weight excluding hydrogens is 352 g/mol. The number of pyridine rings is 1. The van der Waals surface area contributed by atoms with E-state index in [0.717, 1.165) is 11.1 Å². The average molecular weight is 367 g/mol. The zero-order valence-electron chi connectivity index (χ0n) is 13.7. The summed E-state index contributed by atoms with van der Waals surface area (Å²) in [6.45, 7) is -0.260. The molecule has 0 aliphatic heterocycles. The first-order valence-electron chi connectivity index (χ1n) is 7.84. The molecule has 1 heterocycles. The van der Waals surface area contributed by atoms with E-state index in [1.54, 1.807) is 48.8 Å². The Hall–Kier alpha value is -3.18. The highest BCUT2D eigenvalue weighted by Gasteiger charge is 2.10. The van der Waals surface area contributed by atoms with Crippen LogP contribution in [0.3, 0.4) is 0 Å². The van der Waals surface area contributed by atoms with Gasteiger partial charge in [0.05, 0.1) is 0 Å². The highest BCUT2D eigenvalue weighted by atomic mass is 35.5. The van der Waals surface area contributed by atoms with Gasteiger partial charge in [0, 0.05) is 28.5 Å². The highest BCUT2D eigenvalue weighted by molar-refractivity contribution is 6.30. The first kappa shape index (κ1) is 17.6. The second-order valence-electron chi connectivity index (χ2n) is 5.25. The third-order valence-electron chi connectivity index (χ3n) is 3.41. The van der Waals surface area contributed by atoms with Crippen molar-refractivity contribution in [1.82, 2.24) is 4.98 Å². The summed E-state index contributed by atoms with van der Waals surface area (Å²) in [6.07, 6.45) is 3.30. The number of ether oxygens (including phenoxy) is 1. The molecule has 0 aliphatic carbocycles. The number of oxime groups is 1. The molecule has 0 bridgehead atoms. The maximum absolute atomic E-state index is 12.0. The molecule has 0 atom stereocenters. The molecule has 26 heavy (non-hydrogen) atoms. The molecule has 2 aromatic carbocycles. The van der Waals surface area contributed by atoms with E-state index in [1.165, 1.54) is 0 Å². The number of carbonyl (C=O) groups excluding carboxylic acids is 1. The van der Waals surface area contributed by atoms with Crippen LogP contribution in [0.5, 0.6) is 5.75 Å². The van der Waals surface area contributed by atoms with Crippen molar-refractivity contribution >= 4 is 23.3 Å². The minimum absolute atomic E-state index is 0.260. The van der Waals surface area contributed by atoms with Crippen LogP contribution in [0, 0.1) is 0 Å². The van der Waals surface area contributed by atoms with Crippen LogP contribution in [0.2, 0.25) is 5.02 Å². The van der Waals surface area contributed by atoms with Gasteiger partial charge in [-0.3, -0.25) is 4.98 Å². The zero-order valence-corrected chi connectivity index (χ0v) is 14.5. The lowest BCUT2D eigenvalue weighted by Gasteiger charge is -2.07. The third-order valence-corrected chi connectivity index (χ3v) is 3.66. The van der Waals surface area contributed by atoms with Crippen molar-refractivity contribution in [3.8, 4) is 5.75 Å². The molecule has 1 aromatic heterocycles. The van der Waals surface area contributed by atoms with Crippen molar-refractivity contribution in [2.45, 2.75) is 0 Å². The maximum Gasteiger partial charge on any atom is 0.372 e. The Morgan fingerprint density at radius 1 is 0.923 bits per heavy atom. The average Bonchev–Trinajstić information content (AvgIpc) is 2.69. The summed E-state index contributed by atoms with van der Waals surface area (Å²) in [5.74, 6) is -0.0878. The van der Waals surface area contributed by atoms with Crippen molar-refractivity contribution in [2.75, 3.05) is 6.61 Å². The Kier molecular flexibility index (Phi) is 5.96. The number of halogens is 1. The van der Waals surface area contributed by atoms with Gasteiger partial charge in [0.25, 0.3) is 0 Å². The minimum Gasteiger partial charge on any atom is -0.482 e. The van der Waals surface area contributed by atoms with Crippen LogP contribution in [-0.2, 0) is 9.63 Å². The van der Waals surface area contributed by atoms with Crippen LogP contribution >= 0.6 is 11.6 Å². The number of carbonyl (C=O) groups is 1. The van der Waals surface area contributed by atoms with Gasteiger partial charge in [0.15, 0.2) is 6.61 Å². The maximum atomic E-state index is 12.0. The van der Waals surface area contributed by atoms with Crippen LogP contribution in [0.25, 0.3) is 0 Å². The smallest absolute Gasteiger partial charge is 0.372 e. The predicted octanol–water partition coefficient (Wildman–Crippen LogP) is 4.11. The number of aromatic nitrogens is 1. The summed E-state index contributed by atoms with van der Waals surface area (Å²) < 4.78 is 5.35. The quantitative estimate of drug-likeness (QED) is 0.374. The van der Waals surface area contributed by atoms with E-state index in [-0.39, 0.29) is 6.61 Å². The Morgan fingerprint density at radius 3 is 2.27 bits per heavy atom. The first-order valence-corrected chi connectivity index (χ1v) is 8.22. The van der Waals surface area contributed by atoms with E-state index < -0.39 is 5.97 Å². The molecule has 130 valence electrons. The van der Waals surface area contributed by atoms with E-state index >= 15 is 0 Å². The van der Waals surface area contributed by atoms with Crippen molar-refractivity contribution in [3.05, 3.63) is 95.3 Å². The normalized spacial score (nSPS) is 11.0. The lowest BCUT2D eigenvalue weighted by atomic mass is 10.0. The first-order chi connectivity index (χ1) is 12.7. The molecule has 0 aliphatic rings. The predicted molar refractivity (Wildman–Crippen MR) is 99.4 cm³/mol. The molecule has 0 fully saturated rings. The number of hydrogen-bond acceptors (Lipinski definition) is 5. The summed E-state index contributed by atoms with van der Waals surface area (Å²) in [4.78, 5) is 21.0. The Balaban J connectivity index is 1.70. The molecule has 5 nitrogen and oxygen atoms in total. The number of nitrogens with zero attached hydrogens (tertiary/aromatic N) is 2. The fourth-order valence-corrected chi connectivity index (χ4v) is 2.30. The van der Waals surface area contributed by atoms with Gasteiger partial charge in [0.2, 0.25) is 0 Å². The fourth-order valence-electron chi connectivity index (χ4n) is 2.17. The molecule has 0 spiro atoms. The van der Waals surface area contributed by atoms with Crippen LogP contribution in [0.15, 0.2) is 84.3 Å². The topological polar surface area (TPSA) is 60.8 Å². The van der Waals surface area contributed by atoms with E-state index in [1.807, 2.05) is 30.3 Å². The molecule has 0 unspecified atom stereocenters. The third kappa shape index (κ3) is 4.91. The van der Waals surface area contributed by atoms with Gasteiger partial charge in [-0.15, -0.1) is 0 Å². The molecule has 0 radical (unpaired) electrons. The fraction of sp³-hybridized carbons (Fsp3) is 0.0500. The molecule has 0 amide bonds. The van der Waals surface area contributed by atoms with Crippen LogP contribution < -0.4 is 4.74 Å². The standard InChI is InChI=1S/C20H15ClN2O3/c21-17-6-8-18(9-7-17)25-14-19(24)26-23-20(15-4-2-1-3-5-15)16-10-12-22-13-11-16/h1-13H,14H2. The Morgan fingerprint density at radius 2 is 1.58 bits per heavy atom. The van der Waals surface area contributed by atoms with Gasteiger partial charge in [0.1, 0.15) is 11.5 Å². The molecule has 0 saturated heterocycles. The molecule has 3 aromatic rings. The lowest BCUT2D eigenvalue weighted by Crippen LogP contribution is -2.14. The summed E-state index contributed by atoms with van der Waals surface area (Å²) in [5.41, 5.74) is 2.15. The van der Waals surface area contributed by atoms with E-state index in [0.29, 0.717) is 16.5 Å². The summed E-state index contributed by atoms with van der Waals surface area (Å²) in [7, 11) is 0. The van der Waals surface area contributed by atoms with E-state index in [9.17, 15) is 4.79 Å².